The first kappa shape index (κ1) is 26.5. The van der Waals surface area contributed by atoms with Gasteiger partial charge in [0.2, 0.25) is 5.91 Å². The molecule has 0 radical (unpaired) electrons. The molecule has 0 bridgehead atoms. The molecule has 1 aliphatic rings. The number of hydrazone groups is 1. The Balaban J connectivity index is 2.01. The maximum Gasteiger partial charge on any atom is 0.262 e. The maximum atomic E-state index is 13.6. The van der Waals surface area contributed by atoms with Gasteiger partial charge in [0, 0.05) is 42.1 Å². The fraction of sp³-hybridized carbons (Fsp3) is 0.423. The second-order valence-corrected chi connectivity index (χ2v) is 8.91. The van der Waals surface area contributed by atoms with Gasteiger partial charge >= 0.3 is 0 Å². The minimum Gasteiger partial charge on any atom is -0.497 e. The summed E-state index contributed by atoms with van der Waals surface area (Å²) in [5.74, 6) is 0.553. The quantitative estimate of drug-likeness (QED) is 0.488. The van der Waals surface area contributed by atoms with E-state index < -0.39 is 6.04 Å². The van der Waals surface area contributed by atoms with Crippen LogP contribution >= 0.6 is 11.6 Å². The molecule has 1 unspecified atom stereocenters. The van der Waals surface area contributed by atoms with Crippen molar-refractivity contribution in [3.05, 3.63) is 58.6 Å². The lowest BCUT2D eigenvalue weighted by Crippen LogP contribution is -2.44. The van der Waals surface area contributed by atoms with E-state index in [-0.39, 0.29) is 24.3 Å². The number of carbonyl (C=O) groups is 2. The Morgan fingerprint density at radius 1 is 1.14 bits per heavy atom. The van der Waals surface area contributed by atoms with E-state index in [9.17, 15) is 9.59 Å². The lowest BCUT2D eigenvalue weighted by molar-refractivity contribution is -0.143. The van der Waals surface area contributed by atoms with Crippen molar-refractivity contribution in [2.75, 3.05) is 41.0 Å². The van der Waals surface area contributed by atoms with Gasteiger partial charge in [-0.05, 0) is 24.3 Å². The van der Waals surface area contributed by atoms with Gasteiger partial charge in [-0.2, -0.15) is 5.10 Å². The van der Waals surface area contributed by atoms with Crippen molar-refractivity contribution >= 4 is 29.1 Å². The first-order chi connectivity index (χ1) is 16.8. The van der Waals surface area contributed by atoms with Crippen molar-refractivity contribution in [3.63, 3.8) is 0 Å². The standard InChI is InChI=1S/C26H32ClN3O5/c1-17(2)26(32)29(12-13-33-3)16-25(31)30-23(20-14-18(34-4)10-11-24(20)35-5)15-22(28-30)19-8-6-7-9-21(19)27/h6-11,14,17,23H,12-13,15-16H2,1-5H3. The van der Waals surface area contributed by atoms with E-state index in [0.717, 1.165) is 11.1 Å². The molecule has 188 valence electrons. The summed E-state index contributed by atoms with van der Waals surface area (Å²) in [5.41, 5.74) is 2.19. The molecule has 3 rings (SSSR count). The highest BCUT2D eigenvalue weighted by Crippen LogP contribution is 2.40. The summed E-state index contributed by atoms with van der Waals surface area (Å²) in [6, 6.07) is 12.4. The van der Waals surface area contributed by atoms with Gasteiger partial charge in [-0.15, -0.1) is 0 Å². The van der Waals surface area contributed by atoms with Crippen LogP contribution in [0.3, 0.4) is 0 Å². The highest BCUT2D eigenvalue weighted by atomic mass is 35.5. The summed E-state index contributed by atoms with van der Waals surface area (Å²) < 4.78 is 16.2. The zero-order chi connectivity index (χ0) is 25.5. The van der Waals surface area contributed by atoms with E-state index >= 15 is 0 Å². The number of hydrogen-bond acceptors (Lipinski definition) is 6. The first-order valence-corrected chi connectivity index (χ1v) is 11.8. The molecule has 2 amide bonds. The van der Waals surface area contributed by atoms with Crippen LogP contribution in [0, 0.1) is 5.92 Å². The Hall–Kier alpha value is -3.10. The topological polar surface area (TPSA) is 80.7 Å². The second-order valence-electron chi connectivity index (χ2n) is 8.50. The summed E-state index contributed by atoms with van der Waals surface area (Å²) in [4.78, 5) is 27.9. The molecule has 0 saturated heterocycles. The summed E-state index contributed by atoms with van der Waals surface area (Å²) in [6.45, 7) is 4.12. The van der Waals surface area contributed by atoms with Crippen LogP contribution in [0.2, 0.25) is 5.02 Å². The third kappa shape index (κ3) is 6.13. The van der Waals surface area contributed by atoms with Gasteiger partial charge in [0.15, 0.2) is 0 Å². The van der Waals surface area contributed by atoms with Gasteiger partial charge in [-0.1, -0.05) is 43.6 Å². The molecular formula is C26H32ClN3O5. The number of hydrogen-bond donors (Lipinski definition) is 0. The molecule has 1 atom stereocenters. The largest absolute Gasteiger partial charge is 0.497 e. The van der Waals surface area contributed by atoms with E-state index in [0.29, 0.717) is 41.8 Å². The molecule has 2 aromatic carbocycles. The third-order valence-electron chi connectivity index (χ3n) is 5.84. The minimum atomic E-state index is -0.461. The van der Waals surface area contributed by atoms with Crippen molar-refractivity contribution in [2.45, 2.75) is 26.3 Å². The van der Waals surface area contributed by atoms with Gasteiger partial charge in [0.05, 0.1) is 32.6 Å². The number of methoxy groups -OCH3 is 3. The van der Waals surface area contributed by atoms with Crippen LogP contribution in [0.15, 0.2) is 47.6 Å². The van der Waals surface area contributed by atoms with Crippen LogP contribution in [0.1, 0.15) is 37.4 Å². The molecule has 1 aliphatic heterocycles. The Morgan fingerprint density at radius 2 is 1.89 bits per heavy atom. The first-order valence-electron chi connectivity index (χ1n) is 11.4. The second kappa shape index (κ2) is 12.0. The molecule has 2 aromatic rings. The van der Waals surface area contributed by atoms with E-state index in [2.05, 4.69) is 0 Å². The molecule has 0 aromatic heterocycles. The van der Waals surface area contributed by atoms with Gasteiger partial charge in [-0.25, -0.2) is 5.01 Å². The zero-order valence-corrected chi connectivity index (χ0v) is 21.5. The average molecular weight is 502 g/mol. The van der Waals surface area contributed by atoms with E-state index in [1.165, 1.54) is 9.91 Å². The Kier molecular flexibility index (Phi) is 9.12. The van der Waals surface area contributed by atoms with E-state index in [1.807, 2.05) is 24.3 Å². The predicted molar refractivity (Wildman–Crippen MR) is 135 cm³/mol. The minimum absolute atomic E-state index is 0.123. The van der Waals surface area contributed by atoms with Crippen molar-refractivity contribution in [3.8, 4) is 11.5 Å². The van der Waals surface area contributed by atoms with Gasteiger partial charge in [0.1, 0.15) is 18.0 Å². The molecule has 0 spiro atoms. The molecule has 0 aliphatic carbocycles. The molecule has 0 fully saturated rings. The molecular weight excluding hydrogens is 470 g/mol. The number of rotatable bonds is 10. The molecule has 0 N–H and O–H groups in total. The average Bonchev–Trinajstić information content (AvgIpc) is 3.31. The zero-order valence-electron chi connectivity index (χ0n) is 20.8. The maximum absolute atomic E-state index is 13.6. The molecule has 1 heterocycles. The summed E-state index contributed by atoms with van der Waals surface area (Å²) in [6.07, 6.45) is 0.426. The van der Waals surface area contributed by atoms with Gasteiger partial charge in [0.25, 0.3) is 5.91 Å². The van der Waals surface area contributed by atoms with Crippen LogP contribution in [0.25, 0.3) is 0 Å². The van der Waals surface area contributed by atoms with Crippen LogP contribution in [-0.4, -0.2) is 68.5 Å². The van der Waals surface area contributed by atoms with Gasteiger partial charge in [-0.3, -0.25) is 9.59 Å². The fourth-order valence-electron chi connectivity index (χ4n) is 4.01. The number of nitrogens with zero attached hydrogens (tertiary/aromatic N) is 3. The van der Waals surface area contributed by atoms with Crippen LogP contribution in [-0.2, 0) is 14.3 Å². The number of carbonyl (C=O) groups excluding carboxylic acids is 2. The number of benzene rings is 2. The SMILES string of the molecule is COCCN(CC(=O)N1N=C(c2ccccc2Cl)CC1c1cc(OC)ccc1OC)C(=O)C(C)C. The van der Waals surface area contributed by atoms with Crippen molar-refractivity contribution in [2.24, 2.45) is 11.0 Å². The smallest absolute Gasteiger partial charge is 0.262 e. The van der Waals surface area contributed by atoms with Crippen LogP contribution < -0.4 is 9.47 Å². The lowest BCUT2D eigenvalue weighted by Gasteiger charge is -2.28. The lowest BCUT2D eigenvalue weighted by atomic mass is 9.97. The molecule has 35 heavy (non-hydrogen) atoms. The highest BCUT2D eigenvalue weighted by molar-refractivity contribution is 6.34. The number of ether oxygens (including phenoxy) is 3. The Labute approximate surface area is 211 Å². The number of amides is 2. The predicted octanol–water partition coefficient (Wildman–Crippen LogP) is 4.17. The summed E-state index contributed by atoms with van der Waals surface area (Å²) in [5, 5.41) is 6.68. The van der Waals surface area contributed by atoms with Crippen molar-refractivity contribution in [1.29, 1.82) is 0 Å². The highest BCUT2D eigenvalue weighted by Gasteiger charge is 2.36. The van der Waals surface area contributed by atoms with Crippen LogP contribution in [0.4, 0.5) is 0 Å². The molecule has 0 saturated carbocycles. The molecule has 9 heteroatoms. The molecule has 8 nitrogen and oxygen atoms in total. The Bertz CT molecular complexity index is 1090. The van der Waals surface area contributed by atoms with E-state index in [4.69, 9.17) is 30.9 Å². The van der Waals surface area contributed by atoms with Gasteiger partial charge < -0.3 is 19.1 Å². The third-order valence-corrected chi connectivity index (χ3v) is 6.17. The van der Waals surface area contributed by atoms with Crippen molar-refractivity contribution < 1.29 is 23.8 Å². The van der Waals surface area contributed by atoms with E-state index in [1.54, 1.807) is 53.4 Å². The normalized spacial score (nSPS) is 15.2. The Morgan fingerprint density at radius 3 is 2.51 bits per heavy atom. The van der Waals surface area contributed by atoms with Crippen molar-refractivity contribution in [1.82, 2.24) is 9.91 Å². The summed E-state index contributed by atoms with van der Waals surface area (Å²) >= 11 is 6.45. The fourth-order valence-corrected chi connectivity index (χ4v) is 4.25. The number of halogens is 1. The summed E-state index contributed by atoms with van der Waals surface area (Å²) in [7, 11) is 4.72. The van der Waals surface area contributed by atoms with Crippen LogP contribution in [0.5, 0.6) is 11.5 Å². The monoisotopic (exact) mass is 501 g/mol.